The maximum atomic E-state index is 11.5. The lowest BCUT2D eigenvalue weighted by atomic mass is 10.0. The minimum Gasteiger partial charge on any atom is -0.320 e. The Morgan fingerprint density at radius 2 is 1.94 bits per heavy atom. The van der Waals surface area contributed by atoms with Gasteiger partial charge in [0.1, 0.15) is 5.69 Å². The van der Waals surface area contributed by atoms with E-state index < -0.39 is 7.60 Å². The monoisotopic (exact) mass is 257 g/mol. The molecule has 0 bridgehead atoms. The smallest absolute Gasteiger partial charge is 0.320 e. The number of Topliss-reactive ketones (excluding diaryl/α,β-unsaturated/α-hetero) is 1. The Morgan fingerprint density at radius 3 is 2.29 bits per heavy atom. The normalized spacial score (nSPS) is 11.6. The molecule has 1 aromatic rings. The molecule has 0 aliphatic heterocycles. The number of nitrogens with zero attached hydrogens (tertiary/aromatic N) is 1. The fraction of sp³-hybridized carbons (Fsp3) is 0.455. The average molecular weight is 257 g/mol. The zero-order valence-corrected chi connectivity index (χ0v) is 11.0. The maximum Gasteiger partial charge on any atom is 0.374 e. The minimum atomic E-state index is -4.42. The quantitative estimate of drug-likeness (QED) is 0.625. The van der Waals surface area contributed by atoms with Gasteiger partial charge in [-0.05, 0) is 30.0 Å². The molecule has 0 aromatic carbocycles. The number of carbonyl (C=O) groups excluding carboxylic acids is 1. The van der Waals surface area contributed by atoms with Crippen molar-refractivity contribution in [1.82, 2.24) is 4.98 Å². The lowest BCUT2D eigenvalue weighted by Crippen LogP contribution is -2.18. The Kier molecular flexibility index (Phi) is 4.20. The first-order valence-corrected chi connectivity index (χ1v) is 7.02. The average Bonchev–Trinajstić information content (AvgIpc) is 2.25. The first-order valence-electron chi connectivity index (χ1n) is 5.41. The molecule has 1 aromatic heterocycles. The highest BCUT2D eigenvalue weighted by Gasteiger charge is 2.23. The molecule has 2 N–H and O–H groups in total. The zero-order valence-electron chi connectivity index (χ0n) is 10.1. The van der Waals surface area contributed by atoms with Crippen molar-refractivity contribution in [2.75, 3.05) is 0 Å². The largest absolute Gasteiger partial charge is 0.374 e. The molecule has 1 heterocycles. The van der Waals surface area contributed by atoms with Crippen molar-refractivity contribution in [3.63, 3.8) is 0 Å². The Bertz CT molecular complexity index is 492. The fourth-order valence-corrected chi connectivity index (χ4v) is 2.31. The second-order valence-electron chi connectivity index (χ2n) is 3.77. The van der Waals surface area contributed by atoms with Crippen molar-refractivity contribution >= 4 is 18.8 Å². The van der Waals surface area contributed by atoms with Gasteiger partial charge in [-0.1, -0.05) is 13.8 Å². The Hall–Kier alpha value is -1.03. The summed E-state index contributed by atoms with van der Waals surface area (Å²) in [6, 6.07) is 1.39. The highest BCUT2D eigenvalue weighted by Crippen LogP contribution is 2.33. The Morgan fingerprint density at radius 1 is 1.35 bits per heavy atom. The summed E-state index contributed by atoms with van der Waals surface area (Å²) >= 11 is 0. The number of rotatable bonds is 4. The second kappa shape index (κ2) is 5.08. The summed E-state index contributed by atoms with van der Waals surface area (Å²) in [4.78, 5) is 33.5. The van der Waals surface area contributed by atoms with Crippen LogP contribution >= 0.6 is 7.60 Å². The van der Waals surface area contributed by atoms with Gasteiger partial charge in [-0.25, -0.2) is 4.98 Å². The predicted octanol–water partition coefficient (Wildman–Crippen LogP) is 1.21. The third kappa shape index (κ3) is 3.00. The molecule has 6 heteroatoms. The van der Waals surface area contributed by atoms with Gasteiger partial charge in [0.25, 0.3) is 0 Å². The van der Waals surface area contributed by atoms with E-state index in [-0.39, 0.29) is 16.9 Å². The summed E-state index contributed by atoms with van der Waals surface area (Å²) in [6.45, 7) is 5.12. The van der Waals surface area contributed by atoms with E-state index in [9.17, 15) is 9.36 Å². The van der Waals surface area contributed by atoms with Gasteiger partial charge in [0.05, 0.1) is 0 Å². The second-order valence-corrected chi connectivity index (χ2v) is 5.32. The van der Waals surface area contributed by atoms with Crippen LogP contribution in [0.4, 0.5) is 0 Å². The molecule has 0 amide bonds. The van der Waals surface area contributed by atoms with E-state index in [1.807, 2.05) is 13.8 Å². The number of aryl methyl sites for hydroxylation is 1. The molecular formula is C11H16NO4P. The maximum absolute atomic E-state index is 11.5. The van der Waals surface area contributed by atoms with Gasteiger partial charge in [0.2, 0.25) is 0 Å². The zero-order chi connectivity index (χ0) is 13.2. The van der Waals surface area contributed by atoms with Crippen molar-refractivity contribution in [3.05, 3.63) is 22.9 Å². The van der Waals surface area contributed by atoms with Crippen LogP contribution < -0.4 is 5.44 Å². The molecule has 0 saturated heterocycles. The van der Waals surface area contributed by atoms with Crippen LogP contribution in [0, 0.1) is 0 Å². The van der Waals surface area contributed by atoms with Gasteiger partial charge in [-0.2, -0.15) is 0 Å². The van der Waals surface area contributed by atoms with Crippen molar-refractivity contribution in [2.24, 2.45) is 0 Å². The number of ketones is 1. The van der Waals surface area contributed by atoms with Gasteiger partial charge >= 0.3 is 7.60 Å². The standard InChI is InChI=1S/C11H16NO4P/c1-4-8-6-10(17(14,15)16)12-11(7(3)13)9(8)5-2/h6H,4-5H2,1-3H3,(H2,14,15,16). The van der Waals surface area contributed by atoms with E-state index in [0.29, 0.717) is 12.8 Å². The number of carbonyl (C=O) groups is 1. The van der Waals surface area contributed by atoms with Crippen molar-refractivity contribution in [3.8, 4) is 0 Å². The molecular weight excluding hydrogens is 241 g/mol. The highest BCUT2D eigenvalue weighted by molar-refractivity contribution is 7.60. The van der Waals surface area contributed by atoms with Crippen LogP contribution in [-0.2, 0) is 17.4 Å². The van der Waals surface area contributed by atoms with Gasteiger partial charge in [0, 0.05) is 6.92 Å². The predicted molar refractivity (Wildman–Crippen MR) is 64.7 cm³/mol. The molecule has 0 aliphatic rings. The van der Waals surface area contributed by atoms with Gasteiger partial charge in [0.15, 0.2) is 11.2 Å². The molecule has 17 heavy (non-hydrogen) atoms. The summed E-state index contributed by atoms with van der Waals surface area (Å²) in [5, 5.41) is 0. The summed E-state index contributed by atoms with van der Waals surface area (Å²) < 4.78 is 11.2. The molecule has 1 rings (SSSR count). The van der Waals surface area contributed by atoms with Crippen LogP contribution in [0.5, 0.6) is 0 Å². The van der Waals surface area contributed by atoms with E-state index in [0.717, 1.165) is 11.1 Å². The molecule has 0 radical (unpaired) electrons. The number of pyridine rings is 1. The van der Waals surface area contributed by atoms with E-state index in [1.54, 1.807) is 0 Å². The first kappa shape index (κ1) is 14.0. The topological polar surface area (TPSA) is 87.5 Å². The first-order chi connectivity index (χ1) is 7.81. The van der Waals surface area contributed by atoms with Crippen LogP contribution in [-0.4, -0.2) is 20.6 Å². The molecule has 0 spiro atoms. The van der Waals surface area contributed by atoms with Gasteiger partial charge in [-0.15, -0.1) is 0 Å². The molecule has 94 valence electrons. The molecule has 0 atom stereocenters. The highest BCUT2D eigenvalue weighted by atomic mass is 31.2. The summed E-state index contributed by atoms with van der Waals surface area (Å²) in [6.07, 6.45) is 1.23. The number of hydrogen-bond acceptors (Lipinski definition) is 3. The van der Waals surface area contributed by atoms with Crippen molar-refractivity contribution in [2.45, 2.75) is 33.6 Å². The van der Waals surface area contributed by atoms with E-state index in [4.69, 9.17) is 9.79 Å². The molecule has 0 aliphatic carbocycles. The van der Waals surface area contributed by atoms with Crippen molar-refractivity contribution in [1.29, 1.82) is 0 Å². The SMILES string of the molecule is CCc1cc(P(=O)(O)O)nc(C(C)=O)c1CC. The van der Waals surface area contributed by atoms with Crippen LogP contribution in [0.15, 0.2) is 6.07 Å². The third-order valence-corrected chi connectivity index (χ3v) is 3.40. The lowest BCUT2D eigenvalue weighted by Gasteiger charge is -2.13. The van der Waals surface area contributed by atoms with Crippen LogP contribution in [0.3, 0.4) is 0 Å². The third-order valence-electron chi connectivity index (χ3n) is 2.57. The Labute approximate surface area is 100 Å². The van der Waals surface area contributed by atoms with Crippen LogP contribution in [0.1, 0.15) is 42.4 Å². The number of aromatic nitrogens is 1. The summed E-state index contributed by atoms with van der Waals surface area (Å²) in [7, 11) is -4.42. The van der Waals surface area contributed by atoms with Crippen LogP contribution in [0.2, 0.25) is 0 Å². The Balaban J connectivity index is 3.57. The molecule has 0 fully saturated rings. The number of hydrogen-bond donors (Lipinski definition) is 2. The molecule has 0 unspecified atom stereocenters. The van der Waals surface area contributed by atoms with Gasteiger partial charge in [-0.3, -0.25) is 9.36 Å². The van der Waals surface area contributed by atoms with E-state index in [1.165, 1.54) is 13.0 Å². The molecule has 5 nitrogen and oxygen atoms in total. The van der Waals surface area contributed by atoms with E-state index in [2.05, 4.69) is 4.98 Å². The van der Waals surface area contributed by atoms with E-state index >= 15 is 0 Å². The van der Waals surface area contributed by atoms with Crippen molar-refractivity contribution < 1.29 is 19.1 Å². The summed E-state index contributed by atoms with van der Waals surface area (Å²) in [5.41, 5.74) is 1.39. The summed E-state index contributed by atoms with van der Waals surface area (Å²) in [5.74, 6) is -0.271. The minimum absolute atomic E-state index is 0.171. The van der Waals surface area contributed by atoms with Crippen LogP contribution in [0.25, 0.3) is 0 Å². The lowest BCUT2D eigenvalue weighted by molar-refractivity contribution is 0.101. The fourth-order valence-electron chi connectivity index (χ4n) is 1.76. The molecule has 0 saturated carbocycles. The van der Waals surface area contributed by atoms with Gasteiger partial charge < -0.3 is 9.79 Å².